The maximum atomic E-state index is 12.6. The molecule has 2 saturated carbocycles. The van der Waals surface area contributed by atoms with Crippen LogP contribution in [0.2, 0.25) is 0 Å². The Bertz CT molecular complexity index is 1310. The van der Waals surface area contributed by atoms with Crippen molar-refractivity contribution in [2.24, 2.45) is 23.7 Å². The molecule has 0 amide bonds. The van der Waals surface area contributed by atoms with E-state index in [9.17, 15) is 15.0 Å². The predicted octanol–water partition coefficient (Wildman–Crippen LogP) is 7.26. The van der Waals surface area contributed by atoms with Crippen molar-refractivity contribution in [1.29, 1.82) is 0 Å². The van der Waals surface area contributed by atoms with Crippen molar-refractivity contribution in [1.82, 2.24) is 14.7 Å². The average Bonchev–Trinajstić information content (AvgIpc) is 3.67. The van der Waals surface area contributed by atoms with Crippen molar-refractivity contribution >= 4 is 5.97 Å². The predicted molar refractivity (Wildman–Crippen MR) is 170 cm³/mol. The first kappa shape index (κ1) is 30.1. The number of aliphatic hydroxyl groups excluding tert-OH is 1. The summed E-state index contributed by atoms with van der Waals surface area (Å²) in [6.45, 7) is 6.06. The first-order valence-electron chi connectivity index (χ1n) is 16.8. The highest BCUT2D eigenvalue weighted by Crippen LogP contribution is 2.50. The monoisotopic (exact) mass is 583 g/mol. The first-order valence-corrected chi connectivity index (χ1v) is 16.8. The number of aliphatic carboxylic acids is 1. The second-order valence-electron chi connectivity index (χ2n) is 13.5. The molecule has 43 heavy (non-hydrogen) atoms. The molecule has 0 radical (unpaired) electrons. The highest BCUT2D eigenvalue weighted by Gasteiger charge is 2.45. The van der Waals surface area contributed by atoms with Crippen molar-refractivity contribution in [2.75, 3.05) is 19.6 Å². The van der Waals surface area contributed by atoms with Crippen LogP contribution in [0.15, 0.2) is 66.7 Å². The number of rotatable bonds is 10. The fourth-order valence-corrected chi connectivity index (χ4v) is 8.77. The number of hydrogen-bond acceptors (Lipinski definition) is 4. The number of aliphatic hydroxyl groups is 1. The van der Waals surface area contributed by atoms with Crippen LogP contribution >= 0.6 is 0 Å². The van der Waals surface area contributed by atoms with E-state index in [2.05, 4.69) is 52.9 Å². The smallest absolute Gasteiger partial charge is 0.307 e. The van der Waals surface area contributed by atoms with Gasteiger partial charge in [0.15, 0.2) is 0 Å². The molecule has 2 N–H and O–H groups in total. The maximum absolute atomic E-state index is 12.6. The van der Waals surface area contributed by atoms with Crippen molar-refractivity contribution in [3.8, 4) is 0 Å². The molecule has 3 aliphatic rings. The zero-order chi connectivity index (χ0) is 29.8. The Morgan fingerprint density at radius 2 is 1.58 bits per heavy atom. The van der Waals surface area contributed by atoms with E-state index in [1.54, 1.807) is 0 Å². The van der Waals surface area contributed by atoms with Crippen molar-refractivity contribution in [2.45, 2.75) is 89.2 Å². The van der Waals surface area contributed by atoms with Gasteiger partial charge in [-0.25, -0.2) is 0 Å². The Morgan fingerprint density at radius 3 is 2.23 bits per heavy atom. The normalized spacial score (nSPS) is 25.5. The highest BCUT2D eigenvalue weighted by atomic mass is 16.4. The van der Waals surface area contributed by atoms with E-state index in [0.29, 0.717) is 23.7 Å². The lowest BCUT2D eigenvalue weighted by Crippen LogP contribution is -2.37. The minimum absolute atomic E-state index is 0.197. The molecule has 230 valence electrons. The van der Waals surface area contributed by atoms with Crippen LogP contribution < -0.4 is 0 Å². The zero-order valence-corrected chi connectivity index (χ0v) is 25.7. The number of carbonyl (C=O) groups is 1. The van der Waals surface area contributed by atoms with Gasteiger partial charge in [-0.3, -0.25) is 9.48 Å². The van der Waals surface area contributed by atoms with Gasteiger partial charge in [-0.15, -0.1) is 0 Å². The SMILES string of the molecule is CCn1nc(C(O)c2ccccc2)cc1C1CCN(C[C@H]2CC([C@@H](C(=O)O)C3CCCCC3)C[C@@H]2c2ccccc2)CC1. The number of piperidine rings is 1. The van der Waals surface area contributed by atoms with Crippen molar-refractivity contribution in [3.05, 3.63) is 89.2 Å². The summed E-state index contributed by atoms with van der Waals surface area (Å²) < 4.78 is 2.09. The summed E-state index contributed by atoms with van der Waals surface area (Å²) in [5.41, 5.74) is 4.24. The molecule has 2 heterocycles. The van der Waals surface area contributed by atoms with Crippen LogP contribution in [0, 0.1) is 23.7 Å². The average molecular weight is 584 g/mol. The standard InChI is InChI=1S/C37H49N3O3/c1-2-40-34(24-33(38-40)36(41)29-16-10-5-11-17-29)27-18-20-39(21-19-27)25-31-22-30(23-32(31)26-12-6-3-7-13-26)35(37(42)43)28-14-8-4-9-15-28/h3,5-7,10-13,16-17,24,27-28,30-32,35-36,41H,2,4,8-9,14-15,18-23,25H2,1H3,(H,42,43)/t30?,31-,32-,35+,36?/m1/s1. The summed E-state index contributed by atoms with van der Waals surface area (Å²) in [5, 5.41) is 26.2. The summed E-state index contributed by atoms with van der Waals surface area (Å²) in [6, 6.07) is 22.8. The number of aryl methyl sites for hydroxylation is 1. The minimum atomic E-state index is -0.707. The van der Waals surface area contributed by atoms with E-state index in [4.69, 9.17) is 5.10 Å². The van der Waals surface area contributed by atoms with Gasteiger partial charge in [-0.05, 0) is 99.4 Å². The molecule has 1 saturated heterocycles. The Kier molecular flexibility index (Phi) is 9.64. The summed E-state index contributed by atoms with van der Waals surface area (Å²) in [5.74, 6) is 1.20. The molecule has 2 unspecified atom stereocenters. The van der Waals surface area contributed by atoms with E-state index in [-0.39, 0.29) is 11.8 Å². The molecule has 2 aromatic carbocycles. The largest absolute Gasteiger partial charge is 0.481 e. The molecule has 1 aliphatic heterocycles. The molecular formula is C37H49N3O3. The minimum Gasteiger partial charge on any atom is -0.481 e. The maximum Gasteiger partial charge on any atom is 0.307 e. The van der Waals surface area contributed by atoms with Crippen LogP contribution in [-0.2, 0) is 11.3 Å². The second kappa shape index (κ2) is 13.8. The summed E-state index contributed by atoms with van der Waals surface area (Å²) in [6.07, 6.45) is 9.28. The Morgan fingerprint density at radius 1 is 0.907 bits per heavy atom. The molecule has 1 aromatic heterocycles. The number of carboxylic acid groups (broad SMARTS) is 1. The third-order valence-electron chi connectivity index (χ3n) is 10.9. The van der Waals surface area contributed by atoms with Gasteiger partial charge < -0.3 is 15.1 Å². The zero-order valence-electron chi connectivity index (χ0n) is 25.7. The molecule has 0 bridgehead atoms. The number of likely N-dealkylation sites (tertiary alicyclic amines) is 1. The lowest BCUT2D eigenvalue weighted by atomic mass is 9.73. The van der Waals surface area contributed by atoms with Gasteiger partial charge >= 0.3 is 5.97 Å². The van der Waals surface area contributed by atoms with Gasteiger partial charge in [0.1, 0.15) is 6.10 Å². The number of benzene rings is 2. The molecule has 3 aromatic rings. The lowest BCUT2D eigenvalue weighted by Gasteiger charge is -2.35. The number of nitrogens with zero attached hydrogens (tertiary/aromatic N) is 3. The molecule has 6 rings (SSSR count). The van der Waals surface area contributed by atoms with Gasteiger partial charge in [0, 0.05) is 24.7 Å². The molecule has 6 nitrogen and oxygen atoms in total. The van der Waals surface area contributed by atoms with Gasteiger partial charge in [-0.2, -0.15) is 5.10 Å². The summed E-state index contributed by atoms with van der Waals surface area (Å²) >= 11 is 0. The van der Waals surface area contributed by atoms with E-state index in [0.717, 1.165) is 76.0 Å². The fourth-order valence-electron chi connectivity index (χ4n) is 8.77. The van der Waals surface area contributed by atoms with Crippen LogP contribution in [0.25, 0.3) is 0 Å². The molecule has 6 heteroatoms. The summed E-state index contributed by atoms with van der Waals surface area (Å²) in [4.78, 5) is 15.3. The molecule has 3 fully saturated rings. The van der Waals surface area contributed by atoms with Gasteiger partial charge in [0.25, 0.3) is 0 Å². The van der Waals surface area contributed by atoms with Crippen LogP contribution in [-0.4, -0.2) is 50.5 Å². The number of aromatic nitrogens is 2. The van der Waals surface area contributed by atoms with Crippen molar-refractivity contribution < 1.29 is 15.0 Å². The van der Waals surface area contributed by atoms with E-state index >= 15 is 0 Å². The molecule has 5 atom stereocenters. The lowest BCUT2D eigenvalue weighted by molar-refractivity contribution is -0.146. The molecule has 2 aliphatic carbocycles. The quantitative estimate of drug-likeness (QED) is 0.263. The highest BCUT2D eigenvalue weighted by molar-refractivity contribution is 5.71. The Balaban J connectivity index is 1.13. The summed E-state index contributed by atoms with van der Waals surface area (Å²) in [7, 11) is 0. The second-order valence-corrected chi connectivity index (χ2v) is 13.5. The third-order valence-corrected chi connectivity index (χ3v) is 10.9. The van der Waals surface area contributed by atoms with E-state index in [1.165, 1.54) is 30.5 Å². The van der Waals surface area contributed by atoms with Crippen molar-refractivity contribution in [3.63, 3.8) is 0 Å². The number of hydrogen-bond donors (Lipinski definition) is 2. The van der Waals surface area contributed by atoms with Gasteiger partial charge in [0.2, 0.25) is 0 Å². The Labute approximate surface area is 257 Å². The van der Waals surface area contributed by atoms with Gasteiger partial charge in [0.05, 0.1) is 11.6 Å². The topological polar surface area (TPSA) is 78.6 Å². The fraction of sp³-hybridized carbons (Fsp3) is 0.568. The Hall–Kier alpha value is -2.96. The number of carboxylic acids is 1. The van der Waals surface area contributed by atoms with Crippen LogP contribution in [0.5, 0.6) is 0 Å². The van der Waals surface area contributed by atoms with Crippen LogP contribution in [0.3, 0.4) is 0 Å². The van der Waals surface area contributed by atoms with E-state index < -0.39 is 12.1 Å². The molecular weight excluding hydrogens is 534 g/mol. The first-order chi connectivity index (χ1) is 21.0. The van der Waals surface area contributed by atoms with E-state index in [1.807, 2.05) is 30.3 Å². The molecule has 0 spiro atoms. The van der Waals surface area contributed by atoms with Crippen LogP contribution in [0.1, 0.15) is 105 Å². The van der Waals surface area contributed by atoms with Crippen LogP contribution in [0.4, 0.5) is 0 Å². The van der Waals surface area contributed by atoms with Gasteiger partial charge in [-0.1, -0.05) is 79.9 Å². The third kappa shape index (κ3) is 6.76.